The predicted octanol–water partition coefficient (Wildman–Crippen LogP) is 6.96. The van der Waals surface area contributed by atoms with Crippen molar-refractivity contribution in [3.8, 4) is 11.5 Å². The Morgan fingerprint density at radius 2 is 1.02 bits per heavy atom. The van der Waals surface area contributed by atoms with E-state index in [-0.39, 0.29) is 5.84 Å². The van der Waals surface area contributed by atoms with Crippen LogP contribution in [0.4, 0.5) is 0 Å². The Balaban J connectivity index is 1.03. The van der Waals surface area contributed by atoms with Gasteiger partial charge >= 0.3 is 0 Å². The zero-order valence-corrected chi connectivity index (χ0v) is 25.7. The number of nitrogens with two attached hydrogens (primary N) is 1. The van der Waals surface area contributed by atoms with E-state index in [0.29, 0.717) is 24.5 Å². The molecule has 0 radical (unpaired) electrons. The van der Waals surface area contributed by atoms with Crippen molar-refractivity contribution in [2.24, 2.45) is 5.73 Å². The van der Waals surface area contributed by atoms with E-state index in [1.807, 2.05) is 36.4 Å². The highest BCUT2D eigenvalue weighted by Crippen LogP contribution is 2.16. The molecule has 0 fully saturated rings. The van der Waals surface area contributed by atoms with Crippen LogP contribution in [0.1, 0.15) is 66.0 Å². The van der Waals surface area contributed by atoms with Gasteiger partial charge in [0.2, 0.25) is 0 Å². The number of amidine groups is 1. The summed E-state index contributed by atoms with van der Waals surface area (Å²) in [6, 6.07) is 32.0. The molecule has 6 N–H and O–H groups in total. The molecule has 0 amide bonds. The van der Waals surface area contributed by atoms with Gasteiger partial charge < -0.3 is 31.3 Å². The van der Waals surface area contributed by atoms with E-state index in [1.54, 1.807) is 19.1 Å². The molecule has 0 saturated carbocycles. The zero-order chi connectivity index (χ0) is 31.0. The molecule has 230 valence electrons. The molecule has 0 heterocycles. The highest BCUT2D eigenvalue weighted by Gasteiger charge is 2.02. The maximum atomic E-state index is 7.71. The third kappa shape index (κ3) is 11.3. The monoisotopic (exact) mass is 591 g/mol. The standard InChI is InChI=1S/C37H45N5O2/c1-28(38)33-12-16-35(17-13-33)43-26-31-10-6-8-29(22-31)24-41-20-4-2-3-5-21-42-25-30-9-7-11-32(23-30)27-44-36-18-14-34(15-19-36)37(39)40/h6-19,22-23,38,41-42H,2-5,20-21,24-27H2,1H3,(H3,39,40). The van der Waals surface area contributed by atoms with Gasteiger partial charge in [-0.15, -0.1) is 0 Å². The molecule has 0 atom stereocenters. The largest absolute Gasteiger partial charge is 0.489 e. The van der Waals surface area contributed by atoms with Crippen LogP contribution in [-0.4, -0.2) is 24.6 Å². The van der Waals surface area contributed by atoms with Crippen molar-refractivity contribution in [2.75, 3.05) is 13.1 Å². The molecule has 0 bridgehead atoms. The second-order valence-corrected chi connectivity index (χ2v) is 11.1. The van der Waals surface area contributed by atoms with E-state index in [4.69, 9.17) is 26.0 Å². The topological polar surface area (TPSA) is 116 Å². The molecule has 44 heavy (non-hydrogen) atoms. The summed E-state index contributed by atoms with van der Waals surface area (Å²) in [6.07, 6.45) is 4.79. The first-order valence-corrected chi connectivity index (χ1v) is 15.4. The molecule has 0 saturated heterocycles. The van der Waals surface area contributed by atoms with Crippen LogP contribution in [0.5, 0.6) is 11.5 Å². The summed E-state index contributed by atoms with van der Waals surface area (Å²) in [6.45, 7) is 6.56. The quantitative estimate of drug-likeness (QED) is 0.0459. The molecule has 0 aliphatic carbocycles. The lowest BCUT2D eigenvalue weighted by atomic mass is 10.1. The van der Waals surface area contributed by atoms with Gasteiger partial charge in [0.1, 0.15) is 30.5 Å². The molecule has 0 aliphatic heterocycles. The van der Waals surface area contributed by atoms with Crippen molar-refractivity contribution in [2.45, 2.75) is 58.9 Å². The molecule has 4 aromatic carbocycles. The van der Waals surface area contributed by atoms with E-state index in [2.05, 4.69) is 59.2 Å². The normalized spacial score (nSPS) is 10.8. The summed E-state index contributed by atoms with van der Waals surface area (Å²) in [4.78, 5) is 0. The van der Waals surface area contributed by atoms with Crippen LogP contribution in [0.25, 0.3) is 0 Å². The van der Waals surface area contributed by atoms with Crippen molar-refractivity contribution in [1.82, 2.24) is 10.6 Å². The van der Waals surface area contributed by atoms with E-state index in [1.165, 1.54) is 36.8 Å². The van der Waals surface area contributed by atoms with Crippen LogP contribution < -0.4 is 25.8 Å². The van der Waals surface area contributed by atoms with Crippen molar-refractivity contribution in [3.63, 3.8) is 0 Å². The Bertz CT molecular complexity index is 1360. The van der Waals surface area contributed by atoms with Crippen molar-refractivity contribution < 1.29 is 9.47 Å². The SMILES string of the molecule is CC(=N)c1ccc(OCc2cccc(CNCCCCCCNCc3cccc(COc4ccc(C(=N)N)cc4)c3)c2)cc1. The number of hydrogen-bond donors (Lipinski definition) is 5. The number of rotatable bonds is 19. The van der Waals surface area contributed by atoms with Gasteiger partial charge in [-0.3, -0.25) is 5.41 Å². The van der Waals surface area contributed by atoms with Crippen LogP contribution in [0.3, 0.4) is 0 Å². The Labute approximate surface area is 261 Å². The summed E-state index contributed by atoms with van der Waals surface area (Å²) in [5.41, 5.74) is 12.5. The van der Waals surface area contributed by atoms with Gasteiger partial charge in [0, 0.05) is 24.4 Å². The average Bonchev–Trinajstić information content (AvgIpc) is 3.04. The molecule has 0 unspecified atom stereocenters. The van der Waals surface area contributed by atoms with Crippen LogP contribution in [0.2, 0.25) is 0 Å². The summed E-state index contributed by atoms with van der Waals surface area (Å²) < 4.78 is 11.8. The Kier molecular flexibility index (Phi) is 13.0. The fourth-order valence-electron chi connectivity index (χ4n) is 4.84. The second kappa shape index (κ2) is 17.6. The Morgan fingerprint density at radius 1 is 0.591 bits per heavy atom. The lowest BCUT2D eigenvalue weighted by molar-refractivity contribution is 0.306. The lowest BCUT2D eigenvalue weighted by Gasteiger charge is -2.10. The molecule has 4 aromatic rings. The lowest BCUT2D eigenvalue weighted by Crippen LogP contribution is -2.16. The van der Waals surface area contributed by atoms with E-state index >= 15 is 0 Å². The number of benzene rings is 4. The van der Waals surface area contributed by atoms with Crippen molar-refractivity contribution >= 4 is 11.5 Å². The fraction of sp³-hybridized carbons (Fsp3) is 0.297. The van der Waals surface area contributed by atoms with Crippen LogP contribution in [-0.2, 0) is 26.3 Å². The van der Waals surface area contributed by atoms with E-state index in [9.17, 15) is 0 Å². The molecule has 0 aromatic heterocycles. The second-order valence-electron chi connectivity index (χ2n) is 11.1. The number of hydrogen-bond acceptors (Lipinski definition) is 6. The van der Waals surface area contributed by atoms with Gasteiger partial charge in [0.15, 0.2) is 0 Å². The Morgan fingerprint density at radius 3 is 1.45 bits per heavy atom. The molecule has 0 aliphatic rings. The first kappa shape index (κ1) is 32.5. The highest BCUT2D eigenvalue weighted by atomic mass is 16.5. The maximum Gasteiger partial charge on any atom is 0.122 e. The minimum atomic E-state index is 0.0596. The summed E-state index contributed by atoms with van der Waals surface area (Å²) >= 11 is 0. The first-order chi connectivity index (χ1) is 21.5. The van der Waals surface area contributed by atoms with Crippen molar-refractivity contribution in [3.05, 3.63) is 130 Å². The zero-order valence-electron chi connectivity index (χ0n) is 25.7. The molecule has 0 spiro atoms. The summed E-state index contributed by atoms with van der Waals surface area (Å²) in [5.74, 6) is 1.65. The van der Waals surface area contributed by atoms with Gasteiger partial charge in [-0.1, -0.05) is 61.4 Å². The number of ether oxygens (including phenoxy) is 2. The molecular weight excluding hydrogens is 546 g/mol. The molecular formula is C37H45N5O2. The summed E-state index contributed by atoms with van der Waals surface area (Å²) in [7, 11) is 0. The first-order valence-electron chi connectivity index (χ1n) is 15.4. The van der Waals surface area contributed by atoms with Crippen LogP contribution >= 0.6 is 0 Å². The molecule has 7 heteroatoms. The summed E-state index contributed by atoms with van der Waals surface area (Å²) in [5, 5.41) is 22.3. The Hall–Kier alpha value is -4.46. The van der Waals surface area contributed by atoms with Crippen molar-refractivity contribution in [1.29, 1.82) is 10.8 Å². The smallest absolute Gasteiger partial charge is 0.122 e. The van der Waals surface area contributed by atoms with Crippen LogP contribution in [0, 0.1) is 10.8 Å². The van der Waals surface area contributed by atoms with Gasteiger partial charge in [-0.2, -0.15) is 0 Å². The van der Waals surface area contributed by atoms with Gasteiger partial charge in [-0.25, -0.2) is 0 Å². The average molecular weight is 592 g/mol. The minimum absolute atomic E-state index is 0.0596. The predicted molar refractivity (Wildman–Crippen MR) is 180 cm³/mol. The number of nitrogens with one attached hydrogen (secondary N) is 4. The third-order valence-electron chi connectivity index (χ3n) is 7.36. The molecule has 7 nitrogen and oxygen atoms in total. The third-order valence-corrected chi connectivity index (χ3v) is 7.36. The van der Waals surface area contributed by atoms with E-state index < -0.39 is 0 Å². The van der Waals surface area contributed by atoms with Gasteiger partial charge in [0.25, 0.3) is 0 Å². The number of nitrogen functional groups attached to an aromatic ring is 1. The maximum absolute atomic E-state index is 7.71. The molecule has 4 rings (SSSR count). The van der Waals surface area contributed by atoms with Crippen LogP contribution in [0.15, 0.2) is 97.1 Å². The van der Waals surface area contributed by atoms with Gasteiger partial charge in [-0.05, 0) is 109 Å². The minimum Gasteiger partial charge on any atom is -0.489 e. The highest BCUT2D eigenvalue weighted by molar-refractivity contribution is 5.96. The van der Waals surface area contributed by atoms with Gasteiger partial charge in [0.05, 0.1) is 0 Å². The van der Waals surface area contributed by atoms with E-state index in [0.717, 1.165) is 54.4 Å². The number of unbranched alkanes of at least 4 members (excludes halogenated alkanes) is 3. The fourth-order valence-corrected chi connectivity index (χ4v) is 4.84.